The average molecular weight is 1630 g/mol. The minimum absolute atomic E-state index is 0.127. The first-order valence-electron chi connectivity index (χ1n) is 49.5. The van der Waals surface area contributed by atoms with E-state index in [2.05, 4.69) is 233 Å². The van der Waals surface area contributed by atoms with Gasteiger partial charge in [0, 0.05) is 25.7 Å². The van der Waals surface area contributed by atoms with Crippen molar-refractivity contribution in [3.63, 3.8) is 0 Å². The van der Waals surface area contributed by atoms with E-state index in [0.29, 0.717) is 60.7 Å². The summed E-state index contributed by atoms with van der Waals surface area (Å²) >= 11 is 0. The van der Waals surface area contributed by atoms with E-state index in [9.17, 15) is 0 Å². The van der Waals surface area contributed by atoms with E-state index in [1.807, 2.05) is 0 Å². The Morgan fingerprint density at radius 3 is 1.31 bits per heavy atom. The van der Waals surface area contributed by atoms with Gasteiger partial charge < -0.3 is 42.6 Å². The number of hydrogen-bond acceptors (Lipinski definition) is 9. The lowest BCUT2D eigenvalue weighted by Gasteiger charge is -2.40. The van der Waals surface area contributed by atoms with Crippen molar-refractivity contribution in [2.45, 2.75) is 435 Å². The summed E-state index contributed by atoms with van der Waals surface area (Å²) in [7, 11) is 0. The predicted molar refractivity (Wildman–Crippen MR) is 498 cm³/mol. The third-order valence-electron chi connectivity index (χ3n) is 28.0. The Morgan fingerprint density at radius 2 is 0.814 bits per heavy atom. The van der Waals surface area contributed by atoms with E-state index < -0.39 is 0 Å². The molecule has 664 valence electrons. The van der Waals surface area contributed by atoms with Crippen LogP contribution in [0.4, 0.5) is 0 Å². The van der Waals surface area contributed by atoms with Crippen LogP contribution in [0.2, 0.25) is 0 Å². The fourth-order valence-electron chi connectivity index (χ4n) is 19.6. The summed E-state index contributed by atoms with van der Waals surface area (Å²) in [5.41, 5.74) is 8.23. The highest BCUT2D eigenvalue weighted by molar-refractivity contribution is 5.38. The van der Waals surface area contributed by atoms with Crippen molar-refractivity contribution < 1.29 is 42.6 Å². The SMILES string of the molecule is CCC(C)c1ccc(OC(CC(C)C)OC2CCC3CCCCC3C2)c(C)c1.CCC(C)c1ccc(OC(CC(C)C)OCCC2CCCCC2)cc1.CCC(C)c1ccc(OC(CC(C2CCCCC2)C2CCCCC2)OC(C)C)cc1.CCCCC(C)CC(OCCOc1ccc(C2CCCCC2)cc1)Oc1ccc(C(C)CC)cc1. The fraction of sp³-hybridized carbons (Fsp3) is 0.725. The van der Waals surface area contributed by atoms with Gasteiger partial charge in [0.25, 0.3) is 0 Å². The second-order valence-electron chi connectivity index (χ2n) is 38.9. The number of rotatable bonds is 43. The third kappa shape index (κ3) is 36.0. The molecule has 118 heavy (non-hydrogen) atoms. The first-order valence-corrected chi connectivity index (χ1v) is 49.5. The van der Waals surface area contributed by atoms with Gasteiger partial charge in [-0.15, -0.1) is 0 Å². The normalized spacial score (nSPS) is 20.8. The molecule has 6 saturated carbocycles. The van der Waals surface area contributed by atoms with Gasteiger partial charge in [0.05, 0.1) is 25.4 Å². The maximum absolute atomic E-state index is 6.59. The molecule has 5 aromatic rings. The van der Waals surface area contributed by atoms with Gasteiger partial charge in [-0.25, -0.2) is 0 Å². The first-order chi connectivity index (χ1) is 57.2. The molecule has 9 nitrogen and oxygen atoms in total. The maximum Gasteiger partial charge on any atom is 0.200 e. The van der Waals surface area contributed by atoms with Crippen molar-refractivity contribution in [3.05, 3.63) is 149 Å². The first kappa shape index (κ1) is 98.4. The molecule has 9 heteroatoms. The molecule has 0 aliphatic heterocycles. The van der Waals surface area contributed by atoms with Crippen LogP contribution in [0.1, 0.15) is 424 Å². The van der Waals surface area contributed by atoms with Gasteiger partial charge in [0.2, 0.25) is 0 Å². The summed E-state index contributed by atoms with van der Waals surface area (Å²) in [4.78, 5) is 0. The molecule has 12 atom stereocenters. The zero-order valence-corrected chi connectivity index (χ0v) is 78.4. The highest BCUT2D eigenvalue weighted by Gasteiger charge is 2.37. The number of hydrogen-bond donors (Lipinski definition) is 0. The predicted octanol–water partition coefficient (Wildman–Crippen LogP) is 32.3. The Hall–Kier alpha value is -5.06. The zero-order chi connectivity index (χ0) is 84.4. The fourth-order valence-corrected chi connectivity index (χ4v) is 19.6. The van der Waals surface area contributed by atoms with Crippen LogP contribution in [0.3, 0.4) is 0 Å². The molecule has 0 radical (unpaired) electrons. The molecule has 0 aromatic heterocycles. The molecule has 6 aliphatic rings. The van der Waals surface area contributed by atoms with E-state index >= 15 is 0 Å². The van der Waals surface area contributed by atoms with Gasteiger partial charge in [-0.2, -0.15) is 0 Å². The van der Waals surface area contributed by atoms with Gasteiger partial charge in [0.1, 0.15) is 35.4 Å². The largest absolute Gasteiger partial charge is 0.491 e. The molecule has 5 aromatic carbocycles. The van der Waals surface area contributed by atoms with Crippen LogP contribution < -0.4 is 23.7 Å². The van der Waals surface area contributed by atoms with Gasteiger partial charge in [0.15, 0.2) is 25.2 Å². The minimum atomic E-state index is -0.256. The number of unbranched alkanes of at least 4 members (excludes halogenated alkanes) is 1. The van der Waals surface area contributed by atoms with Gasteiger partial charge >= 0.3 is 0 Å². The Bertz CT molecular complexity index is 3320. The summed E-state index contributed by atoms with van der Waals surface area (Å²) in [5, 5.41) is 0. The smallest absolute Gasteiger partial charge is 0.200 e. The van der Waals surface area contributed by atoms with Crippen molar-refractivity contribution in [2.75, 3.05) is 19.8 Å². The molecular formula is C109H174O9. The van der Waals surface area contributed by atoms with Crippen molar-refractivity contribution in [2.24, 2.45) is 53.3 Å². The topological polar surface area (TPSA) is 83.1 Å². The number of fused-ring (bicyclic) bond motifs is 1. The minimum Gasteiger partial charge on any atom is -0.491 e. The third-order valence-corrected chi connectivity index (χ3v) is 28.0. The highest BCUT2D eigenvalue weighted by atomic mass is 16.7. The van der Waals surface area contributed by atoms with Crippen molar-refractivity contribution in [1.29, 1.82) is 0 Å². The molecule has 12 unspecified atom stereocenters. The lowest BCUT2D eigenvalue weighted by molar-refractivity contribution is -0.146. The number of aryl methyl sites for hydroxylation is 1. The van der Waals surface area contributed by atoms with Crippen LogP contribution in [-0.2, 0) is 18.9 Å². The quantitative estimate of drug-likeness (QED) is 0.0280. The highest BCUT2D eigenvalue weighted by Crippen LogP contribution is 2.45. The zero-order valence-electron chi connectivity index (χ0n) is 78.4. The van der Waals surface area contributed by atoms with Gasteiger partial charge in [-0.3, -0.25) is 0 Å². The lowest BCUT2D eigenvalue weighted by Crippen LogP contribution is -2.36. The van der Waals surface area contributed by atoms with Gasteiger partial charge in [-0.05, 0) is 256 Å². The second kappa shape index (κ2) is 55.2. The molecule has 0 bridgehead atoms. The van der Waals surface area contributed by atoms with Crippen LogP contribution in [0.25, 0.3) is 0 Å². The number of benzene rings is 5. The van der Waals surface area contributed by atoms with Crippen molar-refractivity contribution >= 4 is 0 Å². The summed E-state index contributed by atoms with van der Waals surface area (Å²) in [6, 6.07) is 41.3. The van der Waals surface area contributed by atoms with Crippen LogP contribution in [0, 0.1) is 60.2 Å². The standard InChI is InChI=1S/C32H48O3.C28H46O2.C26H42O2.C23H38O2/c1-5-7-11-25(3)24-32(35-31-20-14-27(15-21-31)26(4)6-2)34-23-22-33-30-18-16-29(17-19-30)28-12-9-8-10-13-28;1-5-22(4)23-16-18-26(19-17-23)30-28(29-21(2)3)20-27(24-12-8-6-9-13-24)25-14-10-7-11-15-25;1-6-19(4)22-12-14-25(20(5)16-22)28-26(15-18(2)3)27-24-13-11-21-9-7-8-10-23(21)17-24;1-5-19(4)21-11-13-22(14-12-21)25-23(17-18(2)3)24-16-15-20-9-7-6-8-10-20/h14-21,25-26,28,32H,5-13,22-24H2,1-4H3;16-19,21-22,24-25,27-28H,5-15,20H2,1-4H3;12,14,16,18-19,21,23-24,26H,6-11,13,15,17H2,1-5H3;11-14,18-20,23H,5-10,15-17H2,1-4H3. The number of ether oxygens (including phenoxy) is 9. The maximum atomic E-state index is 6.59. The van der Waals surface area contributed by atoms with Crippen molar-refractivity contribution in [1.82, 2.24) is 0 Å². The van der Waals surface area contributed by atoms with Crippen molar-refractivity contribution in [3.8, 4) is 28.7 Å². The Kier molecular flexibility index (Phi) is 46.0. The van der Waals surface area contributed by atoms with E-state index in [1.165, 1.54) is 252 Å². The average Bonchev–Trinajstić information content (AvgIpc) is 1.01. The summed E-state index contributed by atoms with van der Waals surface area (Å²) < 4.78 is 56.6. The monoisotopic (exact) mass is 1630 g/mol. The van der Waals surface area contributed by atoms with E-state index in [-0.39, 0.29) is 31.3 Å². The Morgan fingerprint density at radius 1 is 0.373 bits per heavy atom. The molecule has 6 aliphatic carbocycles. The van der Waals surface area contributed by atoms with Crippen LogP contribution in [-0.4, -0.2) is 57.2 Å². The lowest BCUT2D eigenvalue weighted by atomic mass is 9.68. The molecule has 0 amide bonds. The summed E-state index contributed by atoms with van der Waals surface area (Å²) in [5.74, 6) is 14.7. The molecule has 0 saturated heterocycles. The molecule has 0 N–H and O–H groups in total. The molecule has 0 heterocycles. The second-order valence-corrected chi connectivity index (χ2v) is 38.9. The van der Waals surface area contributed by atoms with Crippen LogP contribution in [0.5, 0.6) is 28.7 Å². The molecule has 0 spiro atoms. The van der Waals surface area contributed by atoms with Gasteiger partial charge in [-0.1, -0.05) is 318 Å². The van der Waals surface area contributed by atoms with Crippen LogP contribution >= 0.6 is 0 Å². The Balaban J connectivity index is 0.000000198. The molecular weight excluding hydrogens is 1450 g/mol. The van der Waals surface area contributed by atoms with E-state index in [0.717, 1.165) is 109 Å². The van der Waals surface area contributed by atoms with E-state index in [1.54, 1.807) is 0 Å². The van der Waals surface area contributed by atoms with Crippen LogP contribution in [0.15, 0.2) is 115 Å². The molecule has 6 fully saturated rings. The summed E-state index contributed by atoms with van der Waals surface area (Å²) in [6.07, 6.45) is 50.8. The Labute approximate surface area is 723 Å². The summed E-state index contributed by atoms with van der Waals surface area (Å²) in [6.45, 7) is 39.9. The molecule has 11 rings (SSSR count). The van der Waals surface area contributed by atoms with E-state index in [4.69, 9.17) is 42.6 Å².